The lowest BCUT2D eigenvalue weighted by Crippen LogP contribution is -3.14. The molecule has 0 spiro atoms. The minimum atomic E-state index is -0.418. The van der Waals surface area contributed by atoms with Crippen molar-refractivity contribution in [3.63, 3.8) is 0 Å². The molecule has 0 fully saturated rings. The second kappa shape index (κ2) is 9.06. The molecule has 2 aromatic rings. The maximum absolute atomic E-state index is 13.2. The first-order valence-electron chi connectivity index (χ1n) is 9.63. The second-order valence-electron chi connectivity index (χ2n) is 7.45. The van der Waals surface area contributed by atoms with E-state index in [0.717, 1.165) is 18.8 Å². The third-order valence-corrected chi connectivity index (χ3v) is 5.42. The number of H-pyrrole nitrogens is 1. The summed E-state index contributed by atoms with van der Waals surface area (Å²) in [4.78, 5) is 31.5. The highest BCUT2D eigenvalue weighted by molar-refractivity contribution is 6.03. The van der Waals surface area contributed by atoms with Gasteiger partial charge in [0.25, 0.3) is 0 Å². The Morgan fingerprint density at radius 1 is 1.18 bits per heavy atom. The number of esters is 1. The number of carbonyl (C=O) groups is 2. The van der Waals surface area contributed by atoms with Crippen LogP contribution in [0.25, 0.3) is 0 Å². The zero-order valence-corrected chi connectivity index (χ0v) is 18.0. The largest absolute Gasteiger partial charge is 0.465 e. The fourth-order valence-corrected chi connectivity index (χ4v) is 3.56. The molecule has 0 amide bonds. The van der Waals surface area contributed by atoms with Crippen molar-refractivity contribution >= 4 is 17.4 Å². The van der Waals surface area contributed by atoms with Crippen molar-refractivity contribution in [3.8, 4) is 0 Å². The summed E-state index contributed by atoms with van der Waals surface area (Å²) in [7, 11) is 5.38. The van der Waals surface area contributed by atoms with E-state index >= 15 is 0 Å². The van der Waals surface area contributed by atoms with Crippen LogP contribution in [0.5, 0.6) is 0 Å². The molecule has 0 radical (unpaired) electrons. The Bertz CT molecular complexity index is 837. The molecule has 2 rings (SSSR count). The lowest BCUT2D eigenvalue weighted by molar-refractivity contribution is -0.925. The van der Waals surface area contributed by atoms with Crippen LogP contribution in [-0.4, -0.2) is 50.5 Å². The monoisotopic (exact) mass is 386 g/mol. The quantitative estimate of drug-likeness (QED) is 0.539. The van der Waals surface area contributed by atoms with Crippen molar-refractivity contribution in [1.82, 2.24) is 4.98 Å². The molecular weight excluding hydrogens is 354 g/mol. The smallest absolute Gasteiger partial charge is 0.339 e. The summed E-state index contributed by atoms with van der Waals surface area (Å²) >= 11 is 0. The summed E-state index contributed by atoms with van der Waals surface area (Å²) in [5, 5.41) is 0. The fourth-order valence-electron chi connectivity index (χ4n) is 3.56. The number of aryl methyl sites for hydroxylation is 1. The third-order valence-electron chi connectivity index (χ3n) is 5.42. The minimum absolute atomic E-state index is 0.0116. The topological polar surface area (TPSA) is 66.8 Å². The van der Waals surface area contributed by atoms with Crippen molar-refractivity contribution in [2.24, 2.45) is 0 Å². The molecule has 1 unspecified atom stereocenters. The number of nitrogens with one attached hydrogen (secondary N) is 2. The molecule has 0 bridgehead atoms. The van der Waals surface area contributed by atoms with Gasteiger partial charge in [-0.3, -0.25) is 4.79 Å². The first-order valence-corrected chi connectivity index (χ1v) is 9.63. The summed E-state index contributed by atoms with van der Waals surface area (Å²) in [6, 6.07) is 8.18. The number of aromatic nitrogens is 1. The van der Waals surface area contributed by atoms with Crippen molar-refractivity contribution in [1.29, 1.82) is 0 Å². The molecule has 2 atom stereocenters. The van der Waals surface area contributed by atoms with Crippen LogP contribution in [0.1, 0.15) is 51.5 Å². The summed E-state index contributed by atoms with van der Waals surface area (Å²) in [5.74, 6) is -0.406. The maximum atomic E-state index is 13.2. The van der Waals surface area contributed by atoms with Crippen LogP contribution in [-0.2, 0) is 11.3 Å². The van der Waals surface area contributed by atoms with Crippen molar-refractivity contribution in [2.45, 2.75) is 40.3 Å². The number of hydrogen-bond donors (Lipinski definition) is 2. The molecule has 0 aliphatic carbocycles. The first-order chi connectivity index (χ1) is 13.2. The van der Waals surface area contributed by atoms with Gasteiger partial charge in [-0.15, -0.1) is 0 Å². The van der Waals surface area contributed by atoms with Gasteiger partial charge in [0.15, 0.2) is 6.04 Å². The fraction of sp³-hybridized carbons (Fsp3) is 0.455. The van der Waals surface area contributed by atoms with Gasteiger partial charge in [0.05, 0.1) is 24.9 Å². The summed E-state index contributed by atoms with van der Waals surface area (Å²) in [6.07, 6.45) is 0. The van der Waals surface area contributed by atoms with Gasteiger partial charge in [0.2, 0.25) is 5.78 Å². The Hall–Kier alpha value is -2.60. The highest BCUT2D eigenvalue weighted by atomic mass is 16.5. The lowest BCUT2D eigenvalue weighted by atomic mass is 10.0. The number of likely N-dealkylation sites (N-methyl/N-ethyl adjacent to an activating group) is 1. The van der Waals surface area contributed by atoms with E-state index in [1.165, 1.54) is 17.6 Å². The minimum Gasteiger partial charge on any atom is -0.465 e. The Balaban J connectivity index is 2.21. The predicted molar refractivity (Wildman–Crippen MR) is 111 cm³/mol. The van der Waals surface area contributed by atoms with Gasteiger partial charge in [-0.05, 0) is 45.4 Å². The lowest BCUT2D eigenvalue weighted by Gasteiger charge is -2.24. The molecule has 0 aliphatic heterocycles. The van der Waals surface area contributed by atoms with Gasteiger partial charge in [0, 0.05) is 31.0 Å². The predicted octanol–water partition coefficient (Wildman–Crippen LogP) is 2.16. The molecule has 6 nitrogen and oxygen atoms in total. The van der Waals surface area contributed by atoms with Crippen LogP contribution in [0.15, 0.2) is 24.3 Å². The number of aromatic amines is 1. The van der Waals surface area contributed by atoms with Crippen molar-refractivity contribution in [2.75, 3.05) is 32.6 Å². The van der Waals surface area contributed by atoms with Gasteiger partial charge in [-0.2, -0.15) is 0 Å². The van der Waals surface area contributed by atoms with E-state index in [2.05, 4.69) is 41.1 Å². The van der Waals surface area contributed by atoms with E-state index in [-0.39, 0.29) is 11.8 Å². The molecule has 28 heavy (non-hydrogen) atoms. The van der Waals surface area contributed by atoms with E-state index in [1.807, 2.05) is 21.0 Å². The number of methoxy groups -OCH3 is 1. The van der Waals surface area contributed by atoms with Crippen LogP contribution >= 0.6 is 0 Å². The van der Waals surface area contributed by atoms with Crippen LogP contribution in [0.3, 0.4) is 0 Å². The summed E-state index contributed by atoms with van der Waals surface area (Å²) in [5.41, 5.74) is 4.62. The van der Waals surface area contributed by atoms with Crippen LogP contribution < -0.4 is 9.80 Å². The molecule has 152 valence electrons. The molecule has 0 aliphatic rings. The van der Waals surface area contributed by atoms with Crippen molar-refractivity contribution < 1.29 is 19.2 Å². The highest BCUT2D eigenvalue weighted by Crippen LogP contribution is 2.20. The number of carbonyl (C=O) groups excluding carboxylic acids is 2. The number of hydrogen-bond acceptors (Lipinski definition) is 4. The maximum Gasteiger partial charge on any atom is 0.339 e. The molecule has 1 heterocycles. The van der Waals surface area contributed by atoms with Crippen LogP contribution in [0.2, 0.25) is 0 Å². The number of benzene rings is 1. The molecule has 2 N–H and O–H groups in total. The van der Waals surface area contributed by atoms with Gasteiger partial charge in [-0.1, -0.05) is 12.1 Å². The second-order valence-corrected chi connectivity index (χ2v) is 7.45. The van der Waals surface area contributed by atoms with E-state index in [4.69, 9.17) is 4.74 Å². The summed E-state index contributed by atoms with van der Waals surface area (Å²) < 4.78 is 4.85. The first kappa shape index (κ1) is 21.7. The normalized spacial score (nSPS) is 13.1. The molecule has 1 aromatic carbocycles. The third kappa shape index (κ3) is 4.44. The molecule has 6 heteroatoms. The Morgan fingerprint density at radius 2 is 1.79 bits per heavy atom. The average molecular weight is 387 g/mol. The number of rotatable bonds is 8. The standard InChI is InChI=1S/C22H31N3O3/c1-8-25(13-17-9-11-18(12-10-17)24(5)6)16(4)21(26)20-14(2)19(15(3)23-20)22(27)28-7/h9-12,16,23H,8,13H2,1-7H3/p+1/t16-/m0/s1. The zero-order chi connectivity index (χ0) is 21.0. The van der Waals surface area contributed by atoms with E-state index in [9.17, 15) is 9.59 Å². The van der Waals surface area contributed by atoms with Gasteiger partial charge < -0.3 is 19.5 Å². The zero-order valence-electron chi connectivity index (χ0n) is 18.0. The van der Waals surface area contributed by atoms with Gasteiger partial charge >= 0.3 is 5.97 Å². The van der Waals surface area contributed by atoms with Crippen molar-refractivity contribution in [3.05, 3.63) is 52.3 Å². The molecule has 0 saturated carbocycles. The molecule has 0 saturated heterocycles. The van der Waals surface area contributed by atoms with Crippen LogP contribution in [0.4, 0.5) is 5.69 Å². The number of ether oxygens (including phenoxy) is 1. The molecular formula is C22H32N3O3+. The summed E-state index contributed by atoms with van der Waals surface area (Å²) in [6.45, 7) is 9.20. The van der Waals surface area contributed by atoms with Gasteiger partial charge in [0.1, 0.15) is 6.54 Å². The SMILES string of the molecule is CC[NH+](Cc1ccc(N(C)C)cc1)[C@@H](C)C(=O)c1[nH]c(C)c(C(=O)OC)c1C. The number of ketones is 1. The number of quaternary nitrogens is 1. The Kier molecular flexibility index (Phi) is 7.02. The van der Waals surface area contributed by atoms with E-state index < -0.39 is 5.97 Å². The number of Topliss-reactive ketones (excluding diaryl/α,β-unsaturated/α-hetero) is 1. The highest BCUT2D eigenvalue weighted by Gasteiger charge is 2.30. The van der Waals surface area contributed by atoms with E-state index in [1.54, 1.807) is 13.8 Å². The Labute approximate surface area is 167 Å². The number of anilines is 1. The Morgan fingerprint density at radius 3 is 2.29 bits per heavy atom. The average Bonchev–Trinajstić information content (AvgIpc) is 2.98. The van der Waals surface area contributed by atoms with Gasteiger partial charge in [-0.25, -0.2) is 4.79 Å². The van der Waals surface area contributed by atoms with Crippen LogP contribution in [0, 0.1) is 13.8 Å². The number of nitrogens with zero attached hydrogens (tertiary/aromatic N) is 1. The molecule has 1 aromatic heterocycles. The van der Waals surface area contributed by atoms with E-state index in [0.29, 0.717) is 22.5 Å².